The zero-order valence-corrected chi connectivity index (χ0v) is 9.09. The molecule has 1 aromatic heterocycles. The van der Waals surface area contributed by atoms with Crippen molar-refractivity contribution in [3.63, 3.8) is 0 Å². The number of rotatable bonds is 3. The van der Waals surface area contributed by atoms with Gasteiger partial charge in [0, 0.05) is 19.0 Å². The highest BCUT2D eigenvalue weighted by Gasteiger charge is 2.30. The molecule has 2 heterocycles. The van der Waals surface area contributed by atoms with E-state index in [1.807, 2.05) is 0 Å². The van der Waals surface area contributed by atoms with Crippen molar-refractivity contribution in [1.29, 1.82) is 0 Å². The molecule has 0 spiro atoms. The van der Waals surface area contributed by atoms with E-state index in [0.29, 0.717) is 31.2 Å². The molecule has 1 aliphatic rings. The Balaban J connectivity index is 2.15. The molecule has 0 radical (unpaired) electrons. The van der Waals surface area contributed by atoms with Crippen LogP contribution >= 0.6 is 0 Å². The summed E-state index contributed by atoms with van der Waals surface area (Å²) in [6, 6.07) is 3.41. The van der Waals surface area contributed by atoms with Gasteiger partial charge in [0.25, 0.3) is 0 Å². The van der Waals surface area contributed by atoms with E-state index in [2.05, 4.69) is 10.2 Å². The molecule has 1 unspecified atom stereocenters. The number of methoxy groups -OCH3 is 1. The van der Waals surface area contributed by atoms with E-state index in [9.17, 15) is 4.79 Å². The predicted molar refractivity (Wildman–Crippen MR) is 58.1 cm³/mol. The second kappa shape index (κ2) is 4.44. The Morgan fingerprint density at radius 3 is 2.88 bits per heavy atom. The third-order valence-electron chi connectivity index (χ3n) is 2.65. The number of nitrogens with zero attached hydrogens (tertiary/aromatic N) is 3. The number of hydrogen-bond acceptors (Lipinski definition) is 5. The lowest BCUT2D eigenvalue weighted by atomic mass is 10.1. The van der Waals surface area contributed by atoms with E-state index in [1.54, 1.807) is 17.0 Å². The van der Waals surface area contributed by atoms with E-state index in [-0.39, 0.29) is 11.8 Å². The molecule has 1 aromatic rings. The molecule has 2 N–H and O–H groups in total. The molecular formula is C10H14N4O2. The van der Waals surface area contributed by atoms with Gasteiger partial charge in [0.15, 0.2) is 5.82 Å². The largest absolute Gasteiger partial charge is 0.480 e. The Morgan fingerprint density at radius 1 is 1.56 bits per heavy atom. The van der Waals surface area contributed by atoms with Crippen molar-refractivity contribution < 1.29 is 9.53 Å². The highest BCUT2D eigenvalue weighted by molar-refractivity contribution is 5.94. The summed E-state index contributed by atoms with van der Waals surface area (Å²) in [5, 5.41) is 7.77. The lowest BCUT2D eigenvalue weighted by Gasteiger charge is -2.14. The minimum atomic E-state index is 0.0508. The first kappa shape index (κ1) is 10.8. The fourth-order valence-corrected chi connectivity index (χ4v) is 1.73. The normalized spacial score (nSPS) is 20.2. The topological polar surface area (TPSA) is 81.3 Å². The van der Waals surface area contributed by atoms with Crippen LogP contribution in [0.25, 0.3) is 0 Å². The van der Waals surface area contributed by atoms with E-state index in [4.69, 9.17) is 10.5 Å². The quantitative estimate of drug-likeness (QED) is 0.765. The van der Waals surface area contributed by atoms with Gasteiger partial charge >= 0.3 is 0 Å². The number of hydrogen-bond donors (Lipinski definition) is 1. The maximum absolute atomic E-state index is 11.7. The lowest BCUT2D eigenvalue weighted by Crippen LogP contribution is -2.26. The zero-order chi connectivity index (χ0) is 11.5. The molecule has 0 aromatic carbocycles. The second-order valence-electron chi connectivity index (χ2n) is 3.74. The SMILES string of the molecule is COc1ccc(N2CC(CN)CC2=O)nn1. The summed E-state index contributed by atoms with van der Waals surface area (Å²) in [5.74, 6) is 1.26. The Labute approximate surface area is 93.4 Å². The average Bonchev–Trinajstić information content (AvgIpc) is 2.71. The van der Waals surface area contributed by atoms with Crippen LogP contribution in [-0.4, -0.2) is 36.3 Å². The predicted octanol–water partition coefficient (Wildman–Crippen LogP) is -0.203. The van der Waals surface area contributed by atoms with Crippen molar-refractivity contribution >= 4 is 11.7 Å². The van der Waals surface area contributed by atoms with Gasteiger partial charge in [0.1, 0.15) is 0 Å². The van der Waals surface area contributed by atoms with Gasteiger partial charge in [-0.1, -0.05) is 0 Å². The Morgan fingerprint density at radius 2 is 2.38 bits per heavy atom. The van der Waals surface area contributed by atoms with E-state index in [0.717, 1.165) is 0 Å². The standard InChI is InChI=1S/C10H14N4O2/c1-16-9-3-2-8(12-13-9)14-6-7(5-11)4-10(14)15/h2-3,7H,4-6,11H2,1H3. The summed E-state index contributed by atoms with van der Waals surface area (Å²) in [6.45, 7) is 1.14. The summed E-state index contributed by atoms with van der Waals surface area (Å²) < 4.78 is 4.90. The van der Waals surface area contributed by atoms with Gasteiger partial charge in [-0.25, -0.2) is 0 Å². The first-order chi connectivity index (χ1) is 7.74. The van der Waals surface area contributed by atoms with Crippen LogP contribution in [0.4, 0.5) is 5.82 Å². The monoisotopic (exact) mass is 222 g/mol. The van der Waals surface area contributed by atoms with E-state index >= 15 is 0 Å². The molecule has 2 rings (SSSR count). The fraction of sp³-hybridized carbons (Fsp3) is 0.500. The highest BCUT2D eigenvalue weighted by atomic mass is 16.5. The minimum Gasteiger partial charge on any atom is -0.480 e. The molecule has 0 aliphatic carbocycles. The second-order valence-corrected chi connectivity index (χ2v) is 3.74. The molecule has 1 saturated heterocycles. The number of aromatic nitrogens is 2. The van der Waals surface area contributed by atoms with Crippen molar-refractivity contribution in [1.82, 2.24) is 10.2 Å². The first-order valence-corrected chi connectivity index (χ1v) is 5.12. The third kappa shape index (κ3) is 1.96. The van der Waals surface area contributed by atoms with Crippen LogP contribution in [0.2, 0.25) is 0 Å². The summed E-state index contributed by atoms with van der Waals surface area (Å²) in [5.41, 5.74) is 5.55. The molecule has 0 bridgehead atoms. The summed E-state index contributed by atoms with van der Waals surface area (Å²) in [7, 11) is 1.52. The molecular weight excluding hydrogens is 208 g/mol. The smallest absolute Gasteiger partial charge is 0.233 e. The van der Waals surface area contributed by atoms with Crippen LogP contribution in [0.1, 0.15) is 6.42 Å². The molecule has 6 heteroatoms. The van der Waals surface area contributed by atoms with Gasteiger partial charge in [-0.2, -0.15) is 0 Å². The van der Waals surface area contributed by atoms with Gasteiger partial charge in [-0.3, -0.25) is 9.69 Å². The van der Waals surface area contributed by atoms with Crippen molar-refractivity contribution in [2.45, 2.75) is 6.42 Å². The zero-order valence-electron chi connectivity index (χ0n) is 9.09. The number of carbonyl (C=O) groups is 1. The maximum atomic E-state index is 11.7. The molecule has 86 valence electrons. The van der Waals surface area contributed by atoms with Crippen LogP contribution in [0.3, 0.4) is 0 Å². The van der Waals surface area contributed by atoms with Crippen LogP contribution < -0.4 is 15.4 Å². The number of ether oxygens (including phenoxy) is 1. The van der Waals surface area contributed by atoms with Gasteiger partial charge in [0.05, 0.1) is 7.11 Å². The first-order valence-electron chi connectivity index (χ1n) is 5.12. The van der Waals surface area contributed by atoms with Crippen LogP contribution in [0, 0.1) is 5.92 Å². The van der Waals surface area contributed by atoms with Gasteiger partial charge < -0.3 is 10.5 Å². The fourth-order valence-electron chi connectivity index (χ4n) is 1.73. The lowest BCUT2D eigenvalue weighted by molar-refractivity contribution is -0.117. The molecule has 16 heavy (non-hydrogen) atoms. The van der Waals surface area contributed by atoms with Crippen molar-refractivity contribution in [3.05, 3.63) is 12.1 Å². The molecule has 1 amide bonds. The van der Waals surface area contributed by atoms with Gasteiger partial charge in [-0.15, -0.1) is 10.2 Å². The Hall–Kier alpha value is -1.69. The van der Waals surface area contributed by atoms with Gasteiger partial charge in [0.2, 0.25) is 11.8 Å². The van der Waals surface area contributed by atoms with Crippen LogP contribution in [0.15, 0.2) is 12.1 Å². The average molecular weight is 222 g/mol. The third-order valence-corrected chi connectivity index (χ3v) is 2.65. The van der Waals surface area contributed by atoms with E-state index < -0.39 is 0 Å². The number of carbonyl (C=O) groups excluding carboxylic acids is 1. The van der Waals surface area contributed by atoms with Crippen LogP contribution in [-0.2, 0) is 4.79 Å². The van der Waals surface area contributed by atoms with Crippen molar-refractivity contribution in [3.8, 4) is 5.88 Å². The summed E-state index contributed by atoms with van der Waals surface area (Å²) in [4.78, 5) is 13.3. The Bertz CT molecular complexity index is 379. The molecule has 1 aliphatic heterocycles. The number of amides is 1. The summed E-state index contributed by atoms with van der Waals surface area (Å²) in [6.07, 6.45) is 0.490. The molecule has 6 nitrogen and oxygen atoms in total. The molecule has 0 saturated carbocycles. The molecule has 1 fully saturated rings. The summed E-state index contributed by atoms with van der Waals surface area (Å²) >= 11 is 0. The number of anilines is 1. The maximum Gasteiger partial charge on any atom is 0.233 e. The van der Waals surface area contributed by atoms with Crippen molar-refractivity contribution in [2.24, 2.45) is 11.7 Å². The number of nitrogens with two attached hydrogens (primary N) is 1. The highest BCUT2D eigenvalue weighted by Crippen LogP contribution is 2.22. The van der Waals surface area contributed by atoms with Crippen LogP contribution in [0.5, 0.6) is 5.88 Å². The van der Waals surface area contributed by atoms with E-state index in [1.165, 1.54) is 7.11 Å². The Kier molecular flexibility index (Phi) is 3.00. The molecule has 1 atom stereocenters. The minimum absolute atomic E-state index is 0.0508. The van der Waals surface area contributed by atoms with Crippen molar-refractivity contribution in [2.75, 3.05) is 25.1 Å². The van der Waals surface area contributed by atoms with Gasteiger partial charge in [-0.05, 0) is 18.5 Å².